The molecule has 0 aliphatic heterocycles. The molecule has 1 atom stereocenters. The summed E-state index contributed by atoms with van der Waals surface area (Å²) in [5.41, 5.74) is -0.00941. The summed E-state index contributed by atoms with van der Waals surface area (Å²) in [6.07, 6.45) is 1.04. The van der Waals surface area contributed by atoms with Crippen molar-refractivity contribution in [3.63, 3.8) is 0 Å². The number of benzene rings is 1. The summed E-state index contributed by atoms with van der Waals surface area (Å²) in [4.78, 5) is 23.1. The van der Waals surface area contributed by atoms with Gasteiger partial charge in [-0.2, -0.15) is 0 Å². The van der Waals surface area contributed by atoms with E-state index in [1.807, 2.05) is 13.8 Å². The Labute approximate surface area is 112 Å². The third-order valence-corrected chi connectivity index (χ3v) is 2.78. The van der Waals surface area contributed by atoms with Crippen molar-refractivity contribution in [3.05, 3.63) is 35.6 Å². The highest BCUT2D eigenvalue weighted by molar-refractivity contribution is 5.94. The Balaban J connectivity index is 2.36. The summed E-state index contributed by atoms with van der Waals surface area (Å²) in [5.74, 6) is -1.19. The Morgan fingerprint density at radius 2 is 2.00 bits per heavy atom. The lowest BCUT2D eigenvalue weighted by Gasteiger charge is -2.11. The van der Waals surface area contributed by atoms with Crippen LogP contribution in [-0.2, 0) is 4.79 Å². The molecule has 0 radical (unpaired) electrons. The van der Waals surface area contributed by atoms with Crippen LogP contribution in [0.2, 0.25) is 0 Å². The highest BCUT2D eigenvalue weighted by Crippen LogP contribution is 2.05. The van der Waals surface area contributed by atoms with E-state index in [9.17, 15) is 14.0 Å². The highest BCUT2D eigenvalue weighted by atomic mass is 19.1. The van der Waals surface area contributed by atoms with E-state index in [2.05, 4.69) is 10.6 Å². The van der Waals surface area contributed by atoms with E-state index in [0.717, 1.165) is 6.42 Å². The van der Waals surface area contributed by atoms with Crippen molar-refractivity contribution < 1.29 is 14.0 Å². The molecule has 1 aromatic carbocycles. The molecule has 0 heterocycles. The van der Waals surface area contributed by atoms with Crippen LogP contribution in [0.5, 0.6) is 0 Å². The first-order valence-corrected chi connectivity index (χ1v) is 6.36. The maximum absolute atomic E-state index is 13.3. The van der Waals surface area contributed by atoms with Gasteiger partial charge >= 0.3 is 0 Å². The molecule has 0 aromatic heterocycles. The summed E-state index contributed by atoms with van der Waals surface area (Å²) >= 11 is 0. The fourth-order valence-corrected chi connectivity index (χ4v) is 1.48. The van der Waals surface area contributed by atoms with Gasteiger partial charge in [0.05, 0.1) is 5.56 Å². The monoisotopic (exact) mass is 266 g/mol. The first-order chi connectivity index (χ1) is 9.04. The molecular formula is C14H19FN2O2. The first kappa shape index (κ1) is 15.1. The quantitative estimate of drug-likeness (QED) is 0.825. The van der Waals surface area contributed by atoms with Gasteiger partial charge < -0.3 is 10.6 Å². The minimum absolute atomic E-state index is 0.00941. The Bertz CT molecular complexity index is 449. The van der Waals surface area contributed by atoms with E-state index in [1.165, 1.54) is 18.2 Å². The highest BCUT2D eigenvalue weighted by Gasteiger charge is 2.11. The summed E-state index contributed by atoms with van der Waals surface area (Å²) in [6, 6.07) is 5.86. The largest absolute Gasteiger partial charge is 0.354 e. The van der Waals surface area contributed by atoms with Crippen LogP contribution in [0, 0.1) is 5.82 Å². The molecule has 0 aliphatic carbocycles. The lowest BCUT2D eigenvalue weighted by atomic mass is 10.2. The number of amides is 2. The van der Waals surface area contributed by atoms with Crippen LogP contribution < -0.4 is 10.6 Å². The zero-order valence-corrected chi connectivity index (χ0v) is 11.2. The van der Waals surface area contributed by atoms with E-state index in [0.29, 0.717) is 0 Å². The lowest BCUT2D eigenvalue weighted by Crippen LogP contribution is -2.35. The Morgan fingerprint density at radius 3 is 2.63 bits per heavy atom. The van der Waals surface area contributed by atoms with Crippen LogP contribution in [0.25, 0.3) is 0 Å². The van der Waals surface area contributed by atoms with Crippen molar-refractivity contribution in [2.24, 2.45) is 0 Å². The van der Waals surface area contributed by atoms with Crippen LogP contribution in [0.1, 0.15) is 37.0 Å². The van der Waals surface area contributed by atoms with Gasteiger partial charge in [-0.25, -0.2) is 4.39 Å². The van der Waals surface area contributed by atoms with Crippen molar-refractivity contribution in [2.75, 3.05) is 6.54 Å². The molecule has 1 unspecified atom stereocenters. The van der Waals surface area contributed by atoms with Crippen LogP contribution in [0.4, 0.5) is 4.39 Å². The zero-order chi connectivity index (χ0) is 14.3. The number of rotatable bonds is 6. The molecule has 4 nitrogen and oxygen atoms in total. The molecule has 2 amide bonds. The molecule has 0 aliphatic rings. The average Bonchev–Trinajstić information content (AvgIpc) is 2.38. The first-order valence-electron chi connectivity index (χ1n) is 6.36. The summed E-state index contributed by atoms with van der Waals surface area (Å²) in [6.45, 7) is 4.08. The van der Waals surface area contributed by atoms with Gasteiger partial charge in [-0.1, -0.05) is 19.1 Å². The van der Waals surface area contributed by atoms with Crippen LogP contribution in [0.3, 0.4) is 0 Å². The molecule has 1 rings (SSSR count). The van der Waals surface area contributed by atoms with Gasteiger partial charge in [-0.05, 0) is 25.5 Å². The van der Waals surface area contributed by atoms with Crippen molar-refractivity contribution >= 4 is 11.8 Å². The summed E-state index contributed by atoms with van der Waals surface area (Å²) < 4.78 is 13.3. The van der Waals surface area contributed by atoms with Gasteiger partial charge in [-0.15, -0.1) is 0 Å². The number of hydrogen-bond acceptors (Lipinski definition) is 2. The number of carbonyl (C=O) groups is 2. The fourth-order valence-electron chi connectivity index (χ4n) is 1.48. The van der Waals surface area contributed by atoms with Crippen LogP contribution >= 0.6 is 0 Å². The van der Waals surface area contributed by atoms with Crippen LogP contribution in [0.15, 0.2) is 24.3 Å². The van der Waals surface area contributed by atoms with E-state index in [1.54, 1.807) is 6.07 Å². The van der Waals surface area contributed by atoms with Gasteiger partial charge in [0.15, 0.2) is 0 Å². The molecule has 0 saturated carbocycles. The molecular weight excluding hydrogens is 247 g/mol. The van der Waals surface area contributed by atoms with Crippen molar-refractivity contribution in [3.8, 4) is 0 Å². The standard InChI is InChI=1S/C14H19FN2O2/c1-3-10(2)17-13(18)8-9-16-14(19)11-6-4-5-7-12(11)15/h4-7,10H,3,8-9H2,1-2H3,(H,16,19)(H,17,18). The minimum atomic E-state index is -0.566. The van der Waals surface area contributed by atoms with Crippen molar-refractivity contribution in [2.45, 2.75) is 32.7 Å². The normalized spacial score (nSPS) is 11.7. The Kier molecular flexibility index (Phi) is 5.99. The second-order valence-electron chi connectivity index (χ2n) is 4.36. The second kappa shape index (κ2) is 7.51. The summed E-state index contributed by atoms with van der Waals surface area (Å²) in [5, 5.41) is 5.31. The van der Waals surface area contributed by atoms with E-state index < -0.39 is 11.7 Å². The summed E-state index contributed by atoms with van der Waals surface area (Å²) in [7, 11) is 0. The van der Waals surface area contributed by atoms with Gasteiger partial charge in [0.2, 0.25) is 5.91 Å². The minimum Gasteiger partial charge on any atom is -0.354 e. The number of hydrogen-bond donors (Lipinski definition) is 2. The van der Waals surface area contributed by atoms with Crippen LogP contribution in [-0.4, -0.2) is 24.4 Å². The molecule has 0 bridgehead atoms. The molecule has 104 valence electrons. The molecule has 2 N–H and O–H groups in total. The van der Waals surface area contributed by atoms with E-state index >= 15 is 0 Å². The SMILES string of the molecule is CCC(C)NC(=O)CCNC(=O)c1ccccc1F. The van der Waals surface area contributed by atoms with E-state index in [-0.39, 0.29) is 30.5 Å². The molecule has 5 heteroatoms. The maximum atomic E-state index is 13.3. The third-order valence-electron chi connectivity index (χ3n) is 2.78. The Hall–Kier alpha value is -1.91. The predicted octanol–water partition coefficient (Wildman–Crippen LogP) is 1.86. The van der Waals surface area contributed by atoms with Gasteiger partial charge in [-0.3, -0.25) is 9.59 Å². The lowest BCUT2D eigenvalue weighted by molar-refractivity contribution is -0.121. The zero-order valence-electron chi connectivity index (χ0n) is 11.2. The molecule has 19 heavy (non-hydrogen) atoms. The van der Waals surface area contributed by atoms with Gasteiger partial charge in [0.1, 0.15) is 5.82 Å². The van der Waals surface area contributed by atoms with Crippen molar-refractivity contribution in [1.82, 2.24) is 10.6 Å². The third kappa shape index (κ3) is 5.07. The van der Waals surface area contributed by atoms with E-state index in [4.69, 9.17) is 0 Å². The number of nitrogens with one attached hydrogen (secondary N) is 2. The Morgan fingerprint density at radius 1 is 1.32 bits per heavy atom. The smallest absolute Gasteiger partial charge is 0.254 e. The molecule has 0 saturated heterocycles. The topological polar surface area (TPSA) is 58.2 Å². The molecule has 0 spiro atoms. The fraction of sp³-hybridized carbons (Fsp3) is 0.429. The number of halogens is 1. The molecule has 1 aromatic rings. The van der Waals surface area contributed by atoms with Crippen molar-refractivity contribution in [1.29, 1.82) is 0 Å². The number of carbonyl (C=O) groups excluding carboxylic acids is 2. The predicted molar refractivity (Wildman–Crippen MR) is 71.2 cm³/mol. The second-order valence-corrected chi connectivity index (χ2v) is 4.36. The van der Waals surface area contributed by atoms with Gasteiger partial charge in [0.25, 0.3) is 5.91 Å². The average molecular weight is 266 g/mol. The molecule has 0 fully saturated rings. The maximum Gasteiger partial charge on any atom is 0.254 e. The van der Waals surface area contributed by atoms with Gasteiger partial charge in [0, 0.05) is 19.0 Å².